The molecule has 1 N–H and O–H groups in total. The van der Waals surface area contributed by atoms with Crippen LogP contribution in [0.15, 0.2) is 48.5 Å². The lowest BCUT2D eigenvalue weighted by Gasteiger charge is -2.10. The van der Waals surface area contributed by atoms with Crippen molar-refractivity contribution in [2.75, 3.05) is 14.2 Å². The van der Waals surface area contributed by atoms with Gasteiger partial charge in [-0.2, -0.15) is 14.7 Å². The van der Waals surface area contributed by atoms with Crippen LogP contribution in [0.4, 0.5) is 0 Å². The van der Waals surface area contributed by atoms with Crippen LogP contribution < -0.4 is 9.47 Å². The molecular weight excluding hydrogens is 400 g/mol. The SMILES string of the molecule is COc1cccc(OC)c1-c1nn2c(-c3cc(-c4ccc(C)cc4)n[nH]3)nnc2s1. The summed E-state index contributed by atoms with van der Waals surface area (Å²) in [5, 5.41) is 21.5. The smallest absolute Gasteiger partial charge is 0.235 e. The fraction of sp³-hybridized carbons (Fsp3) is 0.143. The summed E-state index contributed by atoms with van der Waals surface area (Å²) in [6.45, 7) is 2.06. The Morgan fingerprint density at radius 1 is 0.967 bits per heavy atom. The molecule has 0 bridgehead atoms. The number of aromatic amines is 1. The lowest BCUT2D eigenvalue weighted by molar-refractivity contribution is 0.397. The first-order valence-electron chi connectivity index (χ1n) is 9.24. The Morgan fingerprint density at radius 3 is 2.40 bits per heavy atom. The summed E-state index contributed by atoms with van der Waals surface area (Å²) in [4.78, 5) is 0.666. The molecule has 8 nitrogen and oxygen atoms in total. The van der Waals surface area contributed by atoms with Crippen LogP contribution in [0.5, 0.6) is 11.5 Å². The van der Waals surface area contributed by atoms with E-state index in [0.29, 0.717) is 22.3 Å². The average Bonchev–Trinajstić information content (AvgIpc) is 3.49. The summed E-state index contributed by atoms with van der Waals surface area (Å²) in [6.07, 6.45) is 0. The van der Waals surface area contributed by atoms with E-state index < -0.39 is 0 Å². The number of nitrogens with one attached hydrogen (secondary N) is 1. The molecule has 5 rings (SSSR count). The van der Waals surface area contributed by atoms with Crippen molar-refractivity contribution in [3.63, 3.8) is 0 Å². The van der Waals surface area contributed by atoms with Gasteiger partial charge in [0.1, 0.15) is 17.2 Å². The zero-order valence-corrected chi connectivity index (χ0v) is 17.4. The number of hydrogen-bond donors (Lipinski definition) is 1. The number of rotatable bonds is 5. The summed E-state index contributed by atoms with van der Waals surface area (Å²) in [7, 11) is 3.25. The maximum absolute atomic E-state index is 5.52. The van der Waals surface area contributed by atoms with E-state index >= 15 is 0 Å². The maximum atomic E-state index is 5.52. The van der Waals surface area contributed by atoms with Gasteiger partial charge in [0, 0.05) is 5.56 Å². The molecule has 0 atom stereocenters. The number of H-pyrrole nitrogens is 1. The molecule has 3 aromatic heterocycles. The molecule has 0 aliphatic carbocycles. The standard InChI is InChI=1S/C21H18N6O2S/c1-12-7-9-13(10-8-12)14-11-15(23-22-14)19-24-25-21-27(19)26-20(30-21)18-16(28-2)5-4-6-17(18)29-3/h4-11H,1-3H3,(H,22,23). The minimum Gasteiger partial charge on any atom is -0.496 e. The number of fused-ring (bicyclic) bond motifs is 1. The van der Waals surface area contributed by atoms with Crippen molar-refractivity contribution in [3.8, 4) is 44.8 Å². The summed E-state index contributed by atoms with van der Waals surface area (Å²) in [6, 6.07) is 15.8. The van der Waals surface area contributed by atoms with E-state index in [2.05, 4.69) is 39.5 Å². The molecule has 0 saturated heterocycles. The zero-order valence-electron chi connectivity index (χ0n) is 16.6. The first-order chi connectivity index (χ1) is 14.7. The molecule has 0 aliphatic rings. The molecular formula is C21H18N6O2S. The molecule has 0 fully saturated rings. The number of methoxy groups -OCH3 is 2. The highest BCUT2D eigenvalue weighted by molar-refractivity contribution is 7.19. The van der Waals surface area contributed by atoms with Crippen molar-refractivity contribution in [2.24, 2.45) is 0 Å². The van der Waals surface area contributed by atoms with Crippen molar-refractivity contribution in [1.82, 2.24) is 30.0 Å². The van der Waals surface area contributed by atoms with Crippen LogP contribution in [0.3, 0.4) is 0 Å². The molecule has 0 aliphatic heterocycles. The van der Waals surface area contributed by atoms with Gasteiger partial charge < -0.3 is 9.47 Å². The lowest BCUT2D eigenvalue weighted by Crippen LogP contribution is -1.95. The van der Waals surface area contributed by atoms with Gasteiger partial charge in [-0.3, -0.25) is 5.10 Å². The third-order valence-electron chi connectivity index (χ3n) is 4.80. The number of aryl methyl sites for hydroxylation is 1. The van der Waals surface area contributed by atoms with E-state index in [1.54, 1.807) is 18.7 Å². The lowest BCUT2D eigenvalue weighted by atomic mass is 10.1. The topological polar surface area (TPSA) is 90.2 Å². The van der Waals surface area contributed by atoms with Crippen molar-refractivity contribution in [3.05, 3.63) is 54.1 Å². The quantitative estimate of drug-likeness (QED) is 0.459. The molecule has 9 heteroatoms. The van der Waals surface area contributed by atoms with Crippen LogP contribution in [0, 0.1) is 6.92 Å². The second kappa shape index (κ2) is 7.27. The summed E-state index contributed by atoms with van der Waals surface area (Å²) >= 11 is 1.41. The third kappa shape index (κ3) is 3.00. The number of aromatic nitrogens is 6. The Hall–Kier alpha value is -3.72. The number of hydrogen-bond acceptors (Lipinski definition) is 7. The van der Waals surface area contributed by atoms with Crippen molar-refractivity contribution in [2.45, 2.75) is 6.92 Å². The number of benzene rings is 2. The van der Waals surface area contributed by atoms with E-state index in [9.17, 15) is 0 Å². The highest BCUT2D eigenvalue weighted by Gasteiger charge is 2.21. The highest BCUT2D eigenvalue weighted by Crippen LogP contribution is 2.40. The normalized spacial score (nSPS) is 11.2. The van der Waals surface area contributed by atoms with Crippen molar-refractivity contribution >= 4 is 16.3 Å². The molecule has 0 spiro atoms. The maximum Gasteiger partial charge on any atom is 0.235 e. The summed E-state index contributed by atoms with van der Waals surface area (Å²) in [5.41, 5.74) is 4.59. The summed E-state index contributed by atoms with van der Waals surface area (Å²) < 4.78 is 12.7. The van der Waals surface area contributed by atoms with Crippen molar-refractivity contribution in [1.29, 1.82) is 0 Å². The van der Waals surface area contributed by atoms with Gasteiger partial charge in [0.25, 0.3) is 0 Å². The largest absolute Gasteiger partial charge is 0.496 e. The molecule has 0 amide bonds. The fourth-order valence-corrected chi connectivity index (χ4v) is 4.15. The van der Waals surface area contributed by atoms with Gasteiger partial charge in [-0.15, -0.1) is 10.2 Å². The Labute approximate surface area is 176 Å². The van der Waals surface area contributed by atoms with Crippen LogP contribution >= 0.6 is 11.3 Å². The number of nitrogens with zero attached hydrogens (tertiary/aromatic N) is 5. The Morgan fingerprint density at radius 2 is 1.70 bits per heavy atom. The van der Waals surface area contributed by atoms with Crippen LogP contribution in [0.2, 0.25) is 0 Å². The molecule has 2 aromatic carbocycles. The molecule has 0 radical (unpaired) electrons. The second-order valence-corrected chi connectivity index (χ2v) is 7.65. The van der Waals surface area contributed by atoms with E-state index in [1.165, 1.54) is 16.9 Å². The molecule has 30 heavy (non-hydrogen) atoms. The van der Waals surface area contributed by atoms with Gasteiger partial charge >= 0.3 is 0 Å². The van der Waals surface area contributed by atoms with Crippen LogP contribution in [-0.2, 0) is 0 Å². The van der Waals surface area contributed by atoms with Crippen LogP contribution in [0.1, 0.15) is 5.56 Å². The van der Waals surface area contributed by atoms with E-state index in [0.717, 1.165) is 27.5 Å². The molecule has 3 heterocycles. The predicted molar refractivity (Wildman–Crippen MR) is 115 cm³/mol. The van der Waals surface area contributed by atoms with Crippen LogP contribution in [0.25, 0.3) is 38.3 Å². The Bertz CT molecular complexity index is 1310. The van der Waals surface area contributed by atoms with Gasteiger partial charge in [0.2, 0.25) is 10.8 Å². The first kappa shape index (κ1) is 18.3. The van der Waals surface area contributed by atoms with Gasteiger partial charge in [-0.25, -0.2) is 0 Å². The Balaban J connectivity index is 1.58. The first-order valence-corrected chi connectivity index (χ1v) is 10.1. The van der Waals surface area contributed by atoms with E-state index in [4.69, 9.17) is 14.6 Å². The van der Waals surface area contributed by atoms with Crippen LogP contribution in [-0.4, -0.2) is 44.2 Å². The third-order valence-corrected chi connectivity index (χ3v) is 5.71. The zero-order chi connectivity index (χ0) is 20.7. The minimum absolute atomic E-state index is 0.590. The van der Waals surface area contributed by atoms with Gasteiger partial charge in [-0.05, 0) is 25.1 Å². The Kier molecular flexibility index (Phi) is 4.44. The highest BCUT2D eigenvalue weighted by atomic mass is 32.1. The van der Waals surface area contributed by atoms with Gasteiger partial charge in [-0.1, -0.05) is 47.2 Å². The molecule has 150 valence electrons. The monoisotopic (exact) mass is 418 g/mol. The fourth-order valence-electron chi connectivity index (χ4n) is 3.26. The number of ether oxygens (including phenoxy) is 2. The molecule has 0 saturated carbocycles. The van der Waals surface area contributed by atoms with E-state index in [1.807, 2.05) is 36.4 Å². The van der Waals surface area contributed by atoms with E-state index in [-0.39, 0.29) is 0 Å². The van der Waals surface area contributed by atoms with Gasteiger partial charge in [0.15, 0.2) is 5.01 Å². The molecule has 5 aromatic rings. The molecule has 0 unspecified atom stereocenters. The minimum atomic E-state index is 0.590. The predicted octanol–water partition coefficient (Wildman–Crippen LogP) is 4.24. The second-order valence-electron chi connectivity index (χ2n) is 6.70. The van der Waals surface area contributed by atoms with Crippen molar-refractivity contribution < 1.29 is 9.47 Å². The average molecular weight is 418 g/mol. The summed E-state index contributed by atoms with van der Waals surface area (Å²) in [5.74, 6) is 1.96. The van der Waals surface area contributed by atoms with Gasteiger partial charge in [0.05, 0.1) is 25.5 Å².